The molecule has 29 heavy (non-hydrogen) atoms. The number of hydrogen-bond donors (Lipinski definition) is 2. The summed E-state index contributed by atoms with van der Waals surface area (Å²) in [5.74, 6) is -0.723. The Morgan fingerprint density at radius 3 is 2.69 bits per heavy atom. The number of carboxylic acid groups (broad SMARTS) is 1. The normalized spacial score (nSPS) is 13.9. The number of amides is 1. The number of carbonyl (C=O) groups is 2. The Morgan fingerprint density at radius 1 is 1.24 bits per heavy atom. The zero-order valence-electron chi connectivity index (χ0n) is 17.6. The Bertz CT molecular complexity index is 948. The Balaban J connectivity index is 2.17. The lowest BCUT2D eigenvalue weighted by atomic mass is 9.83. The highest BCUT2D eigenvalue weighted by Gasteiger charge is 2.25. The van der Waals surface area contributed by atoms with Crippen LogP contribution in [-0.4, -0.2) is 23.6 Å². The SMILES string of the molecule is CCCC(=O)Nc1cc(C)c(-c2ccc3c(c2)CCCO3)c(C(C)C(=O)O)c1C. The molecule has 1 amide bonds. The predicted octanol–water partition coefficient (Wildman–Crippen LogP) is 5.22. The number of fused-ring (bicyclic) bond motifs is 1. The standard InChI is InChI=1S/C24H29NO4/c1-5-7-21(26)25-19-12-14(2)22(23(15(19)3)16(4)24(27)28)18-9-10-20-17(13-18)8-6-11-29-20/h9-10,12-13,16H,5-8,11H2,1-4H3,(H,25,26)(H,27,28). The lowest BCUT2D eigenvalue weighted by molar-refractivity contribution is -0.138. The maximum atomic E-state index is 12.2. The summed E-state index contributed by atoms with van der Waals surface area (Å²) >= 11 is 0. The number of aryl methyl sites for hydroxylation is 2. The topological polar surface area (TPSA) is 75.6 Å². The highest BCUT2D eigenvalue weighted by molar-refractivity contribution is 5.94. The van der Waals surface area contributed by atoms with Crippen LogP contribution in [0.5, 0.6) is 5.75 Å². The minimum absolute atomic E-state index is 0.0531. The summed E-state index contributed by atoms with van der Waals surface area (Å²) in [5.41, 5.74) is 6.26. The van der Waals surface area contributed by atoms with Crippen molar-refractivity contribution in [3.05, 3.63) is 46.5 Å². The van der Waals surface area contributed by atoms with Gasteiger partial charge in [-0.1, -0.05) is 13.0 Å². The molecule has 1 aliphatic rings. The van der Waals surface area contributed by atoms with E-state index in [-0.39, 0.29) is 5.91 Å². The summed E-state index contributed by atoms with van der Waals surface area (Å²) in [6.07, 6.45) is 3.14. The molecular weight excluding hydrogens is 366 g/mol. The molecule has 2 N–H and O–H groups in total. The maximum absolute atomic E-state index is 12.2. The van der Waals surface area contributed by atoms with Gasteiger partial charge in [0.05, 0.1) is 12.5 Å². The first-order chi connectivity index (χ1) is 13.8. The zero-order chi connectivity index (χ0) is 21.1. The molecule has 1 atom stereocenters. The first-order valence-corrected chi connectivity index (χ1v) is 10.3. The summed E-state index contributed by atoms with van der Waals surface area (Å²) < 4.78 is 5.73. The second-order valence-electron chi connectivity index (χ2n) is 7.79. The van der Waals surface area contributed by atoms with Crippen molar-refractivity contribution in [2.45, 2.75) is 59.3 Å². The quantitative estimate of drug-likeness (QED) is 0.703. The Morgan fingerprint density at radius 2 is 2.00 bits per heavy atom. The van der Waals surface area contributed by atoms with Gasteiger partial charge in [0.1, 0.15) is 5.75 Å². The van der Waals surface area contributed by atoms with Crippen LogP contribution in [-0.2, 0) is 16.0 Å². The fourth-order valence-corrected chi connectivity index (χ4v) is 4.08. The van der Waals surface area contributed by atoms with Crippen molar-refractivity contribution in [1.82, 2.24) is 0 Å². The third-order valence-corrected chi connectivity index (χ3v) is 5.58. The monoisotopic (exact) mass is 395 g/mol. The van der Waals surface area contributed by atoms with Crippen LogP contribution in [0.3, 0.4) is 0 Å². The Labute approximate surface area is 172 Å². The molecule has 0 spiro atoms. The van der Waals surface area contributed by atoms with Gasteiger partial charge in [0.15, 0.2) is 0 Å². The fourth-order valence-electron chi connectivity index (χ4n) is 4.08. The number of carboxylic acids is 1. The first-order valence-electron chi connectivity index (χ1n) is 10.3. The highest BCUT2D eigenvalue weighted by Crippen LogP contribution is 2.40. The minimum atomic E-state index is -0.882. The number of aliphatic carboxylic acids is 1. The number of anilines is 1. The van der Waals surface area contributed by atoms with Gasteiger partial charge in [-0.3, -0.25) is 9.59 Å². The van der Waals surface area contributed by atoms with Gasteiger partial charge in [-0.2, -0.15) is 0 Å². The number of nitrogens with one attached hydrogen (secondary N) is 1. The van der Waals surface area contributed by atoms with Crippen LogP contribution in [0, 0.1) is 13.8 Å². The molecular formula is C24H29NO4. The molecule has 0 saturated carbocycles. The van der Waals surface area contributed by atoms with E-state index in [9.17, 15) is 14.7 Å². The molecule has 2 aromatic carbocycles. The van der Waals surface area contributed by atoms with Crippen LogP contribution in [0.15, 0.2) is 24.3 Å². The van der Waals surface area contributed by atoms with Crippen molar-refractivity contribution < 1.29 is 19.4 Å². The fraction of sp³-hybridized carbons (Fsp3) is 0.417. The average Bonchev–Trinajstić information content (AvgIpc) is 2.69. The molecule has 3 rings (SSSR count). The summed E-state index contributed by atoms with van der Waals surface area (Å²) in [4.78, 5) is 24.1. The van der Waals surface area contributed by atoms with E-state index >= 15 is 0 Å². The minimum Gasteiger partial charge on any atom is -0.493 e. The molecule has 1 heterocycles. The van der Waals surface area contributed by atoms with Gasteiger partial charge in [0, 0.05) is 12.1 Å². The van der Waals surface area contributed by atoms with Gasteiger partial charge in [-0.25, -0.2) is 0 Å². The molecule has 154 valence electrons. The Kier molecular flexibility index (Phi) is 6.26. The van der Waals surface area contributed by atoms with Crippen LogP contribution >= 0.6 is 0 Å². The lowest BCUT2D eigenvalue weighted by Gasteiger charge is -2.24. The smallest absolute Gasteiger partial charge is 0.310 e. The maximum Gasteiger partial charge on any atom is 0.310 e. The van der Waals surface area contributed by atoms with Gasteiger partial charge >= 0.3 is 5.97 Å². The van der Waals surface area contributed by atoms with Gasteiger partial charge in [-0.15, -0.1) is 0 Å². The molecule has 0 saturated heterocycles. The second kappa shape index (κ2) is 8.68. The van der Waals surface area contributed by atoms with Crippen LogP contribution < -0.4 is 10.1 Å². The van der Waals surface area contributed by atoms with E-state index in [0.717, 1.165) is 65.0 Å². The molecule has 0 bridgehead atoms. The van der Waals surface area contributed by atoms with Crippen molar-refractivity contribution >= 4 is 17.6 Å². The Hall–Kier alpha value is -2.82. The third-order valence-electron chi connectivity index (χ3n) is 5.58. The number of carbonyl (C=O) groups excluding carboxylic acids is 1. The summed E-state index contributed by atoms with van der Waals surface area (Å²) in [6.45, 7) is 8.25. The number of benzene rings is 2. The molecule has 0 aliphatic carbocycles. The van der Waals surface area contributed by atoms with Crippen molar-refractivity contribution in [1.29, 1.82) is 0 Å². The van der Waals surface area contributed by atoms with E-state index in [2.05, 4.69) is 11.4 Å². The average molecular weight is 395 g/mol. The molecule has 5 nitrogen and oxygen atoms in total. The third kappa shape index (κ3) is 4.29. The van der Waals surface area contributed by atoms with E-state index in [4.69, 9.17) is 4.74 Å². The largest absolute Gasteiger partial charge is 0.493 e. The summed E-state index contributed by atoms with van der Waals surface area (Å²) in [7, 11) is 0. The van der Waals surface area contributed by atoms with Crippen LogP contribution in [0.2, 0.25) is 0 Å². The summed E-state index contributed by atoms with van der Waals surface area (Å²) in [6, 6.07) is 8.04. The van der Waals surface area contributed by atoms with E-state index in [1.165, 1.54) is 0 Å². The molecule has 1 aliphatic heterocycles. The van der Waals surface area contributed by atoms with Crippen LogP contribution in [0.4, 0.5) is 5.69 Å². The van der Waals surface area contributed by atoms with Gasteiger partial charge < -0.3 is 15.2 Å². The van der Waals surface area contributed by atoms with Crippen molar-refractivity contribution in [2.24, 2.45) is 0 Å². The second-order valence-corrected chi connectivity index (χ2v) is 7.79. The number of rotatable bonds is 6. The van der Waals surface area contributed by atoms with Crippen LogP contribution in [0.1, 0.15) is 61.3 Å². The first kappa shape index (κ1) is 20.9. The molecule has 2 aromatic rings. The lowest BCUT2D eigenvalue weighted by Crippen LogP contribution is -2.16. The van der Waals surface area contributed by atoms with Crippen LogP contribution in [0.25, 0.3) is 11.1 Å². The van der Waals surface area contributed by atoms with E-state index in [0.29, 0.717) is 12.1 Å². The molecule has 0 radical (unpaired) electrons. The zero-order valence-corrected chi connectivity index (χ0v) is 17.6. The predicted molar refractivity (Wildman–Crippen MR) is 115 cm³/mol. The highest BCUT2D eigenvalue weighted by atomic mass is 16.5. The molecule has 1 unspecified atom stereocenters. The molecule has 5 heteroatoms. The van der Waals surface area contributed by atoms with Gasteiger partial charge in [0.2, 0.25) is 5.91 Å². The van der Waals surface area contributed by atoms with Crippen molar-refractivity contribution in [3.63, 3.8) is 0 Å². The molecule has 0 aromatic heterocycles. The number of ether oxygens (including phenoxy) is 1. The molecule has 0 fully saturated rings. The van der Waals surface area contributed by atoms with E-state index < -0.39 is 11.9 Å². The summed E-state index contributed by atoms with van der Waals surface area (Å²) in [5, 5.41) is 12.7. The van der Waals surface area contributed by atoms with Crippen molar-refractivity contribution in [2.75, 3.05) is 11.9 Å². The van der Waals surface area contributed by atoms with E-state index in [1.807, 2.05) is 39.0 Å². The van der Waals surface area contributed by atoms with E-state index in [1.54, 1.807) is 6.92 Å². The van der Waals surface area contributed by atoms with Gasteiger partial charge in [-0.05, 0) is 91.6 Å². The number of hydrogen-bond acceptors (Lipinski definition) is 3. The van der Waals surface area contributed by atoms with Crippen molar-refractivity contribution in [3.8, 4) is 16.9 Å². The van der Waals surface area contributed by atoms with Gasteiger partial charge in [0.25, 0.3) is 0 Å².